The molecule has 1 aromatic carbocycles. The first-order valence-corrected chi connectivity index (χ1v) is 9.19. The number of amides is 2. The number of carbonyl (C=O) groups is 2. The molecular formula is C21H24N4O2. The van der Waals surface area contributed by atoms with E-state index >= 15 is 0 Å². The highest BCUT2D eigenvalue weighted by molar-refractivity contribution is 5.96. The quantitative estimate of drug-likeness (QED) is 0.602. The van der Waals surface area contributed by atoms with Gasteiger partial charge in [0.25, 0.3) is 11.8 Å². The topological polar surface area (TPSA) is 86.9 Å². The molecule has 0 saturated heterocycles. The molecular weight excluding hydrogens is 340 g/mol. The summed E-state index contributed by atoms with van der Waals surface area (Å²) < 4.78 is 0. The predicted molar refractivity (Wildman–Crippen MR) is 106 cm³/mol. The Bertz CT molecular complexity index is 948. The molecule has 3 aromatic rings. The number of rotatable bonds is 7. The minimum absolute atomic E-state index is 0.0629. The van der Waals surface area contributed by atoms with Gasteiger partial charge >= 0.3 is 0 Å². The summed E-state index contributed by atoms with van der Waals surface area (Å²) in [6, 6.07) is 13.0. The average Bonchev–Trinajstić information content (AvgIpc) is 3.11. The first-order valence-electron chi connectivity index (χ1n) is 9.19. The van der Waals surface area contributed by atoms with Crippen molar-refractivity contribution in [1.29, 1.82) is 0 Å². The molecule has 3 rings (SSSR count). The van der Waals surface area contributed by atoms with E-state index in [4.69, 9.17) is 0 Å². The van der Waals surface area contributed by atoms with Gasteiger partial charge in [0.05, 0.1) is 0 Å². The highest BCUT2D eigenvalue weighted by Crippen LogP contribution is 2.17. The largest absolute Gasteiger partial charge is 0.361 e. The fourth-order valence-corrected chi connectivity index (χ4v) is 2.83. The van der Waals surface area contributed by atoms with Gasteiger partial charge in [0.2, 0.25) is 0 Å². The summed E-state index contributed by atoms with van der Waals surface area (Å²) in [4.78, 5) is 32.0. The summed E-state index contributed by atoms with van der Waals surface area (Å²) in [6.45, 7) is 4.42. The molecule has 0 saturated carbocycles. The van der Waals surface area contributed by atoms with Crippen LogP contribution in [0.3, 0.4) is 0 Å². The normalized spacial score (nSPS) is 11.9. The molecule has 1 unspecified atom stereocenters. The van der Waals surface area contributed by atoms with Gasteiger partial charge in [0, 0.05) is 29.7 Å². The minimum atomic E-state index is -0.284. The highest BCUT2D eigenvalue weighted by atomic mass is 16.2. The van der Waals surface area contributed by atoms with Crippen LogP contribution in [-0.4, -0.2) is 34.4 Å². The number of nitrogens with one attached hydrogen (secondary N) is 3. The summed E-state index contributed by atoms with van der Waals surface area (Å²) >= 11 is 0. The first-order chi connectivity index (χ1) is 13.1. The summed E-state index contributed by atoms with van der Waals surface area (Å²) in [5.74, 6) is -0.550. The lowest BCUT2D eigenvalue weighted by atomic mass is 10.1. The van der Waals surface area contributed by atoms with E-state index in [1.165, 1.54) is 0 Å². The van der Waals surface area contributed by atoms with Crippen molar-refractivity contribution in [2.45, 2.75) is 32.7 Å². The molecule has 0 aliphatic rings. The predicted octanol–water partition coefficient (Wildman–Crippen LogP) is 3.06. The van der Waals surface area contributed by atoms with E-state index in [-0.39, 0.29) is 29.2 Å². The van der Waals surface area contributed by atoms with Gasteiger partial charge in [-0.3, -0.25) is 9.59 Å². The van der Waals surface area contributed by atoms with Crippen LogP contribution in [0, 0.1) is 0 Å². The molecule has 0 bridgehead atoms. The Balaban J connectivity index is 1.59. The molecule has 0 radical (unpaired) electrons. The third-order valence-electron chi connectivity index (χ3n) is 4.56. The smallest absolute Gasteiger partial charge is 0.270 e. The Morgan fingerprint density at radius 1 is 1.07 bits per heavy atom. The van der Waals surface area contributed by atoms with Crippen LogP contribution in [0.25, 0.3) is 10.9 Å². The molecule has 0 fully saturated rings. The number of fused-ring (bicyclic) bond motifs is 1. The minimum Gasteiger partial charge on any atom is -0.361 e. The third kappa shape index (κ3) is 4.53. The number of aromatic nitrogens is 2. The van der Waals surface area contributed by atoms with E-state index in [2.05, 4.69) is 26.7 Å². The van der Waals surface area contributed by atoms with Crippen molar-refractivity contribution < 1.29 is 9.59 Å². The lowest BCUT2D eigenvalue weighted by Crippen LogP contribution is -2.33. The monoisotopic (exact) mass is 364 g/mol. The number of aromatic amines is 1. The van der Waals surface area contributed by atoms with Crippen LogP contribution < -0.4 is 10.6 Å². The second-order valence-electron chi connectivity index (χ2n) is 6.56. The van der Waals surface area contributed by atoms with Crippen molar-refractivity contribution in [3.05, 3.63) is 65.6 Å². The Hall–Kier alpha value is -3.15. The first kappa shape index (κ1) is 18.6. The Morgan fingerprint density at radius 2 is 1.81 bits per heavy atom. The van der Waals surface area contributed by atoms with E-state index in [0.29, 0.717) is 13.0 Å². The van der Waals surface area contributed by atoms with Crippen LogP contribution in [0.5, 0.6) is 0 Å². The van der Waals surface area contributed by atoms with E-state index in [9.17, 15) is 9.59 Å². The van der Waals surface area contributed by atoms with E-state index < -0.39 is 0 Å². The molecule has 6 heteroatoms. The molecule has 0 aliphatic heterocycles. The zero-order valence-electron chi connectivity index (χ0n) is 15.6. The lowest BCUT2D eigenvalue weighted by molar-refractivity contribution is 0.0933. The number of hydrogen-bond acceptors (Lipinski definition) is 3. The molecule has 27 heavy (non-hydrogen) atoms. The molecule has 140 valence electrons. The maximum atomic E-state index is 12.4. The molecule has 2 heterocycles. The van der Waals surface area contributed by atoms with Crippen molar-refractivity contribution in [3.8, 4) is 0 Å². The zero-order chi connectivity index (χ0) is 19.2. The molecule has 3 N–H and O–H groups in total. The Labute approximate surface area is 158 Å². The van der Waals surface area contributed by atoms with Gasteiger partial charge in [-0.2, -0.15) is 0 Å². The van der Waals surface area contributed by atoms with Crippen molar-refractivity contribution in [3.63, 3.8) is 0 Å². The average molecular weight is 364 g/mol. The summed E-state index contributed by atoms with van der Waals surface area (Å²) in [5.41, 5.74) is 2.73. The number of pyridine rings is 1. The molecule has 2 amide bonds. The molecule has 6 nitrogen and oxygen atoms in total. The molecule has 0 spiro atoms. The van der Waals surface area contributed by atoms with Crippen LogP contribution >= 0.6 is 0 Å². The second-order valence-corrected chi connectivity index (χ2v) is 6.56. The second kappa shape index (κ2) is 8.49. The van der Waals surface area contributed by atoms with Gasteiger partial charge in [0.1, 0.15) is 11.4 Å². The van der Waals surface area contributed by atoms with Crippen molar-refractivity contribution in [1.82, 2.24) is 20.6 Å². The number of benzene rings is 1. The maximum absolute atomic E-state index is 12.4. The highest BCUT2D eigenvalue weighted by Gasteiger charge is 2.13. The summed E-state index contributed by atoms with van der Waals surface area (Å²) in [6.07, 6.45) is 3.51. The summed E-state index contributed by atoms with van der Waals surface area (Å²) in [7, 11) is 0. The standard InChI is InChI=1S/C21H24N4O2/c1-3-14(2)24-21(27)19-10-6-9-18(25-19)20(26)22-12-11-15-13-23-17-8-5-4-7-16(15)17/h4-10,13-14,23H,3,11-12H2,1-2H3,(H,22,26)(H,24,27). The number of para-hydroxylation sites is 1. The molecule has 2 aromatic heterocycles. The van der Waals surface area contributed by atoms with Crippen molar-refractivity contribution in [2.24, 2.45) is 0 Å². The van der Waals surface area contributed by atoms with Crippen molar-refractivity contribution in [2.75, 3.05) is 6.54 Å². The number of hydrogen-bond donors (Lipinski definition) is 3. The SMILES string of the molecule is CCC(C)NC(=O)c1cccc(C(=O)NCCc2c[nH]c3ccccc23)n1. The number of nitrogens with zero attached hydrogens (tertiary/aromatic N) is 1. The maximum Gasteiger partial charge on any atom is 0.270 e. The Kier molecular flexibility index (Phi) is 5.86. The van der Waals surface area contributed by atoms with E-state index in [1.54, 1.807) is 18.2 Å². The van der Waals surface area contributed by atoms with Crippen molar-refractivity contribution >= 4 is 22.7 Å². The lowest BCUT2D eigenvalue weighted by Gasteiger charge is -2.11. The number of H-pyrrole nitrogens is 1. The van der Waals surface area contributed by atoms with Gasteiger partial charge in [-0.05, 0) is 43.5 Å². The third-order valence-corrected chi connectivity index (χ3v) is 4.56. The van der Waals surface area contributed by atoms with E-state index in [1.807, 2.05) is 38.2 Å². The fraction of sp³-hybridized carbons (Fsp3) is 0.286. The van der Waals surface area contributed by atoms with Gasteiger partial charge in [-0.15, -0.1) is 0 Å². The Morgan fingerprint density at radius 3 is 2.59 bits per heavy atom. The van der Waals surface area contributed by atoms with Gasteiger partial charge in [-0.25, -0.2) is 4.98 Å². The molecule has 1 atom stereocenters. The van der Waals surface area contributed by atoms with Gasteiger partial charge in [0.15, 0.2) is 0 Å². The van der Waals surface area contributed by atoms with Crippen LogP contribution in [0.15, 0.2) is 48.7 Å². The number of carbonyl (C=O) groups excluding carboxylic acids is 2. The van der Waals surface area contributed by atoms with Crippen LogP contribution in [0.4, 0.5) is 0 Å². The van der Waals surface area contributed by atoms with E-state index in [0.717, 1.165) is 22.9 Å². The van der Waals surface area contributed by atoms with Gasteiger partial charge < -0.3 is 15.6 Å². The van der Waals surface area contributed by atoms with Crippen LogP contribution in [0.1, 0.15) is 46.8 Å². The van der Waals surface area contributed by atoms with Crippen LogP contribution in [0.2, 0.25) is 0 Å². The molecule has 0 aliphatic carbocycles. The fourth-order valence-electron chi connectivity index (χ4n) is 2.83. The van der Waals surface area contributed by atoms with Crippen LogP contribution in [-0.2, 0) is 6.42 Å². The summed E-state index contributed by atoms with van der Waals surface area (Å²) in [5, 5.41) is 6.89. The van der Waals surface area contributed by atoms with Gasteiger partial charge in [-0.1, -0.05) is 31.2 Å². The zero-order valence-corrected chi connectivity index (χ0v) is 15.6.